The van der Waals surface area contributed by atoms with Crippen molar-refractivity contribution in [1.29, 1.82) is 0 Å². The molecule has 1 N–H and O–H groups in total. The third kappa shape index (κ3) is 4.06. The van der Waals surface area contributed by atoms with Gasteiger partial charge in [0.15, 0.2) is 17.5 Å². The predicted molar refractivity (Wildman–Crippen MR) is 123 cm³/mol. The highest BCUT2D eigenvalue weighted by Crippen LogP contribution is 2.35. The number of nitrogens with zero attached hydrogens (tertiary/aromatic N) is 5. The van der Waals surface area contributed by atoms with Gasteiger partial charge >= 0.3 is 0 Å². The number of rotatable bonds is 5. The molecule has 0 saturated carbocycles. The van der Waals surface area contributed by atoms with E-state index in [1.807, 2.05) is 11.6 Å². The number of hydrogen-bond acceptors (Lipinski definition) is 5. The lowest BCUT2D eigenvalue weighted by molar-refractivity contribution is -0.131. The van der Waals surface area contributed by atoms with E-state index in [1.54, 1.807) is 18.1 Å². The largest absolute Gasteiger partial charge is 0.381 e. The van der Waals surface area contributed by atoms with Gasteiger partial charge in [-0.25, -0.2) is 8.78 Å². The quantitative estimate of drug-likeness (QED) is 0.611. The van der Waals surface area contributed by atoms with Crippen molar-refractivity contribution < 1.29 is 18.3 Å². The summed E-state index contributed by atoms with van der Waals surface area (Å²) in [6.45, 7) is 4.18. The van der Waals surface area contributed by atoms with E-state index >= 15 is 4.39 Å². The van der Waals surface area contributed by atoms with Crippen LogP contribution in [0.3, 0.4) is 0 Å². The van der Waals surface area contributed by atoms with Crippen LogP contribution in [0.1, 0.15) is 43.5 Å². The summed E-state index contributed by atoms with van der Waals surface area (Å²) in [5.74, 6) is -1.40. The summed E-state index contributed by atoms with van der Waals surface area (Å²) in [5.41, 5.74) is 2.55. The Bertz CT molecular complexity index is 1210. The number of fused-ring (bicyclic) bond motifs is 1. The minimum Gasteiger partial charge on any atom is -0.381 e. The Kier molecular flexibility index (Phi) is 6.07. The van der Waals surface area contributed by atoms with Crippen LogP contribution in [0.25, 0.3) is 11.1 Å². The zero-order valence-corrected chi connectivity index (χ0v) is 19.4. The van der Waals surface area contributed by atoms with Crippen molar-refractivity contribution in [2.75, 3.05) is 25.1 Å². The summed E-state index contributed by atoms with van der Waals surface area (Å²) >= 11 is 0. The molecule has 0 atom stereocenters. The molecule has 4 heterocycles. The van der Waals surface area contributed by atoms with Crippen LogP contribution in [0.15, 0.2) is 24.5 Å². The lowest BCUT2D eigenvalue weighted by atomic mass is 10.0. The molecule has 2 aliphatic rings. The normalized spacial score (nSPS) is 16.5. The lowest BCUT2D eigenvalue weighted by Crippen LogP contribution is -2.36. The smallest absolute Gasteiger partial charge is 0.222 e. The minimum absolute atomic E-state index is 0.00325. The fraction of sp³-hybridized carbons (Fsp3) is 0.458. The van der Waals surface area contributed by atoms with Crippen molar-refractivity contribution in [2.45, 2.75) is 45.2 Å². The van der Waals surface area contributed by atoms with Gasteiger partial charge in [0.1, 0.15) is 0 Å². The number of carbonyl (C=O) groups is 1. The number of hydrogen-bond donors (Lipinski definition) is 1. The summed E-state index contributed by atoms with van der Waals surface area (Å²) in [6, 6.07) is 3.23. The van der Waals surface area contributed by atoms with E-state index in [0.29, 0.717) is 50.5 Å². The summed E-state index contributed by atoms with van der Waals surface area (Å²) in [7, 11) is 1.72. The maximum atomic E-state index is 15.1. The van der Waals surface area contributed by atoms with Crippen LogP contribution in [0.4, 0.5) is 20.3 Å². The van der Waals surface area contributed by atoms with Crippen LogP contribution < -0.4 is 5.32 Å². The number of anilines is 2. The fourth-order valence-corrected chi connectivity index (χ4v) is 4.77. The second kappa shape index (κ2) is 9.17. The van der Waals surface area contributed by atoms with E-state index in [1.165, 1.54) is 23.0 Å². The molecule has 1 amide bonds. The van der Waals surface area contributed by atoms with Crippen LogP contribution in [0.2, 0.25) is 0 Å². The number of aryl methyl sites for hydroxylation is 1. The molecule has 0 unspecified atom stereocenters. The van der Waals surface area contributed by atoms with Gasteiger partial charge in [-0.15, -0.1) is 0 Å². The molecule has 3 aromatic rings. The standard InChI is InChI=1S/C24H28F2N6O2/c1-3-21(33)31-9-6-20-18(14-31)24(29-32(20)16-7-10-34-11-8-16)28-19-5-4-17(22(25)23(19)26)15-12-27-30(2)13-15/h4-5,12-13,16H,3,6-11,14H2,1-2H3,(H,28,29). The Morgan fingerprint density at radius 2 is 2.03 bits per heavy atom. The van der Waals surface area contributed by atoms with E-state index in [0.717, 1.165) is 24.1 Å². The average Bonchev–Trinajstić information content (AvgIpc) is 3.45. The molecule has 10 heteroatoms. The summed E-state index contributed by atoms with van der Waals surface area (Å²) in [6.07, 6.45) is 5.90. The molecule has 0 aliphatic carbocycles. The van der Waals surface area contributed by atoms with Crippen molar-refractivity contribution in [3.63, 3.8) is 0 Å². The second-order valence-electron chi connectivity index (χ2n) is 8.80. The van der Waals surface area contributed by atoms with Gasteiger partial charge in [0, 0.05) is 68.2 Å². The maximum Gasteiger partial charge on any atom is 0.222 e. The molecule has 0 spiro atoms. The molecule has 180 valence electrons. The van der Waals surface area contributed by atoms with E-state index < -0.39 is 11.6 Å². The third-order valence-electron chi connectivity index (χ3n) is 6.63. The van der Waals surface area contributed by atoms with Gasteiger partial charge in [-0.2, -0.15) is 10.2 Å². The lowest BCUT2D eigenvalue weighted by Gasteiger charge is -2.30. The first kappa shape index (κ1) is 22.5. The molecule has 0 bridgehead atoms. The van der Waals surface area contributed by atoms with Gasteiger partial charge < -0.3 is 15.0 Å². The number of ether oxygens (including phenoxy) is 1. The van der Waals surface area contributed by atoms with Crippen LogP contribution in [-0.4, -0.2) is 50.1 Å². The molecule has 1 aromatic carbocycles. The number of aromatic nitrogens is 4. The first-order chi connectivity index (χ1) is 16.5. The first-order valence-electron chi connectivity index (χ1n) is 11.7. The molecule has 0 radical (unpaired) electrons. The number of nitrogens with one attached hydrogen (secondary N) is 1. The molecule has 8 nitrogen and oxygen atoms in total. The predicted octanol–water partition coefficient (Wildman–Crippen LogP) is 3.95. The number of halogens is 2. The van der Waals surface area contributed by atoms with E-state index in [4.69, 9.17) is 9.84 Å². The van der Waals surface area contributed by atoms with Crippen LogP contribution in [0.5, 0.6) is 0 Å². The van der Waals surface area contributed by atoms with Gasteiger partial charge in [0.05, 0.1) is 24.5 Å². The van der Waals surface area contributed by atoms with Crippen molar-refractivity contribution in [3.05, 3.63) is 47.4 Å². The van der Waals surface area contributed by atoms with Crippen molar-refractivity contribution >= 4 is 17.4 Å². The summed E-state index contributed by atoms with van der Waals surface area (Å²) in [5, 5.41) is 11.9. The molecule has 2 aliphatic heterocycles. The zero-order chi connectivity index (χ0) is 23.8. The first-order valence-corrected chi connectivity index (χ1v) is 11.7. The topological polar surface area (TPSA) is 77.2 Å². The Balaban J connectivity index is 1.50. The zero-order valence-electron chi connectivity index (χ0n) is 19.4. The van der Waals surface area contributed by atoms with Gasteiger partial charge in [-0.05, 0) is 25.0 Å². The van der Waals surface area contributed by atoms with E-state index in [9.17, 15) is 9.18 Å². The Hall–Kier alpha value is -3.27. The van der Waals surface area contributed by atoms with Gasteiger partial charge in [0.2, 0.25) is 5.91 Å². The van der Waals surface area contributed by atoms with Gasteiger partial charge in [0.25, 0.3) is 0 Å². The van der Waals surface area contributed by atoms with E-state index in [-0.39, 0.29) is 23.2 Å². The van der Waals surface area contributed by atoms with Crippen LogP contribution in [-0.2, 0) is 29.5 Å². The molecular formula is C24H28F2N6O2. The Morgan fingerprint density at radius 3 is 2.74 bits per heavy atom. The molecule has 1 saturated heterocycles. The fourth-order valence-electron chi connectivity index (χ4n) is 4.77. The summed E-state index contributed by atoms with van der Waals surface area (Å²) in [4.78, 5) is 14.2. The van der Waals surface area contributed by atoms with Crippen LogP contribution >= 0.6 is 0 Å². The van der Waals surface area contributed by atoms with Gasteiger partial charge in [-0.3, -0.25) is 14.2 Å². The van der Waals surface area contributed by atoms with Crippen LogP contribution in [0, 0.1) is 11.6 Å². The monoisotopic (exact) mass is 470 g/mol. The SMILES string of the molecule is CCC(=O)N1CCc2c(c(Nc3ccc(-c4cnn(C)c4)c(F)c3F)nn2C2CCOCC2)C1. The summed E-state index contributed by atoms with van der Waals surface area (Å²) < 4.78 is 39.1. The number of benzene rings is 1. The van der Waals surface area contributed by atoms with Crippen molar-refractivity contribution in [3.8, 4) is 11.1 Å². The highest BCUT2D eigenvalue weighted by molar-refractivity contribution is 5.77. The second-order valence-corrected chi connectivity index (χ2v) is 8.80. The molecule has 2 aromatic heterocycles. The molecule has 1 fully saturated rings. The average molecular weight is 471 g/mol. The highest BCUT2D eigenvalue weighted by atomic mass is 19.2. The maximum absolute atomic E-state index is 15.1. The van der Waals surface area contributed by atoms with E-state index in [2.05, 4.69) is 10.4 Å². The third-order valence-corrected chi connectivity index (χ3v) is 6.63. The molecule has 34 heavy (non-hydrogen) atoms. The highest BCUT2D eigenvalue weighted by Gasteiger charge is 2.30. The molecule has 5 rings (SSSR count). The van der Waals surface area contributed by atoms with Gasteiger partial charge in [-0.1, -0.05) is 6.92 Å². The Morgan fingerprint density at radius 1 is 1.24 bits per heavy atom. The van der Waals surface area contributed by atoms with Crippen molar-refractivity contribution in [2.24, 2.45) is 7.05 Å². The number of carbonyl (C=O) groups excluding carboxylic acids is 1. The Labute approximate surface area is 196 Å². The minimum atomic E-state index is -0.979. The van der Waals surface area contributed by atoms with Crippen molar-refractivity contribution in [1.82, 2.24) is 24.5 Å². The number of amides is 1. The molecular weight excluding hydrogens is 442 g/mol.